The van der Waals surface area contributed by atoms with Gasteiger partial charge >= 0.3 is 0 Å². The topological polar surface area (TPSA) is 18.5 Å². The Morgan fingerprint density at radius 1 is 1.00 bits per heavy atom. The van der Waals surface area contributed by atoms with E-state index in [4.69, 9.17) is 9.47 Å². The highest BCUT2D eigenvalue weighted by atomic mass is 16.6. The molecule has 0 amide bonds. The minimum atomic E-state index is -0.324. The van der Waals surface area contributed by atoms with Crippen LogP contribution in [0.25, 0.3) is 0 Å². The third kappa shape index (κ3) is 1.53. The van der Waals surface area contributed by atoms with Crippen LogP contribution in [0, 0.1) is 11.3 Å². The number of ether oxygens (including phenoxy) is 2. The molecule has 0 unspecified atom stereocenters. The van der Waals surface area contributed by atoms with Gasteiger partial charge in [-0.1, -0.05) is 44.2 Å². The van der Waals surface area contributed by atoms with E-state index in [1.54, 1.807) is 0 Å². The van der Waals surface area contributed by atoms with Crippen LogP contribution in [0.15, 0.2) is 30.3 Å². The SMILES string of the molecule is CC1(C)O[C@]2(c3ccccc3)C(C)(C)C[C@H]1[C@]21CCCCO1. The lowest BCUT2D eigenvalue weighted by molar-refractivity contribution is -0.231. The average molecular weight is 300 g/mol. The Bertz CT molecular complexity index is 569. The van der Waals surface area contributed by atoms with Crippen LogP contribution in [0.1, 0.15) is 58.9 Å². The lowest BCUT2D eigenvalue weighted by Crippen LogP contribution is -2.56. The Morgan fingerprint density at radius 2 is 1.73 bits per heavy atom. The predicted molar refractivity (Wildman–Crippen MR) is 87.7 cm³/mol. The van der Waals surface area contributed by atoms with Gasteiger partial charge in [-0.15, -0.1) is 0 Å². The van der Waals surface area contributed by atoms with Gasteiger partial charge < -0.3 is 9.47 Å². The lowest BCUT2D eigenvalue weighted by atomic mass is 9.66. The fraction of sp³-hybridized carbons (Fsp3) is 0.700. The maximum Gasteiger partial charge on any atom is 0.128 e. The van der Waals surface area contributed by atoms with E-state index in [0.29, 0.717) is 5.92 Å². The molecule has 1 saturated carbocycles. The third-order valence-corrected chi connectivity index (χ3v) is 6.56. The van der Waals surface area contributed by atoms with Gasteiger partial charge in [-0.05, 0) is 45.1 Å². The normalized spacial score (nSPS) is 41.9. The summed E-state index contributed by atoms with van der Waals surface area (Å²) < 4.78 is 13.5. The molecule has 2 saturated heterocycles. The summed E-state index contributed by atoms with van der Waals surface area (Å²) in [5, 5.41) is 0. The molecule has 22 heavy (non-hydrogen) atoms. The van der Waals surface area contributed by atoms with E-state index in [2.05, 4.69) is 58.0 Å². The molecule has 1 aliphatic carbocycles. The fourth-order valence-corrected chi connectivity index (χ4v) is 5.87. The Morgan fingerprint density at radius 3 is 2.36 bits per heavy atom. The van der Waals surface area contributed by atoms with Gasteiger partial charge in [0, 0.05) is 17.9 Å². The molecule has 3 aliphatic rings. The van der Waals surface area contributed by atoms with Gasteiger partial charge in [0.05, 0.1) is 5.60 Å². The van der Waals surface area contributed by atoms with Crippen LogP contribution in [0.3, 0.4) is 0 Å². The zero-order chi connectivity index (χ0) is 15.6. The second-order valence-corrected chi connectivity index (χ2v) is 8.59. The van der Waals surface area contributed by atoms with Gasteiger partial charge in [0.2, 0.25) is 0 Å². The van der Waals surface area contributed by atoms with Crippen LogP contribution in [0.2, 0.25) is 0 Å². The summed E-state index contributed by atoms with van der Waals surface area (Å²) in [6.07, 6.45) is 4.73. The number of rotatable bonds is 1. The van der Waals surface area contributed by atoms with E-state index >= 15 is 0 Å². The molecule has 0 aromatic heterocycles. The van der Waals surface area contributed by atoms with Crippen molar-refractivity contribution < 1.29 is 9.47 Å². The first-order chi connectivity index (χ1) is 10.4. The fourth-order valence-electron chi connectivity index (χ4n) is 5.87. The quantitative estimate of drug-likeness (QED) is 0.750. The monoisotopic (exact) mass is 300 g/mol. The molecule has 2 heteroatoms. The second-order valence-electron chi connectivity index (χ2n) is 8.59. The highest BCUT2D eigenvalue weighted by Crippen LogP contribution is 2.74. The zero-order valence-electron chi connectivity index (χ0n) is 14.3. The summed E-state index contributed by atoms with van der Waals surface area (Å²) in [5.41, 5.74) is 0.791. The summed E-state index contributed by atoms with van der Waals surface area (Å²) in [6.45, 7) is 10.1. The zero-order valence-corrected chi connectivity index (χ0v) is 14.3. The van der Waals surface area contributed by atoms with Gasteiger partial charge in [0.15, 0.2) is 0 Å². The first-order valence-electron chi connectivity index (χ1n) is 8.75. The Kier molecular flexibility index (Phi) is 2.92. The van der Waals surface area contributed by atoms with E-state index < -0.39 is 0 Å². The van der Waals surface area contributed by atoms with Gasteiger partial charge in [-0.2, -0.15) is 0 Å². The Labute approximate surface area is 134 Å². The molecule has 0 radical (unpaired) electrons. The van der Waals surface area contributed by atoms with Crippen LogP contribution in [0.5, 0.6) is 0 Å². The highest BCUT2D eigenvalue weighted by Gasteiger charge is 2.79. The third-order valence-electron chi connectivity index (χ3n) is 6.56. The second kappa shape index (κ2) is 4.36. The molecular weight excluding hydrogens is 272 g/mol. The van der Waals surface area contributed by atoms with E-state index in [1.807, 2.05) is 0 Å². The number of hydrogen-bond donors (Lipinski definition) is 0. The number of benzene rings is 1. The van der Waals surface area contributed by atoms with Crippen molar-refractivity contribution in [2.75, 3.05) is 6.61 Å². The van der Waals surface area contributed by atoms with Crippen molar-refractivity contribution in [3.05, 3.63) is 35.9 Å². The van der Waals surface area contributed by atoms with Gasteiger partial charge in [-0.25, -0.2) is 0 Å². The van der Waals surface area contributed by atoms with Crippen LogP contribution in [-0.2, 0) is 15.1 Å². The average Bonchev–Trinajstić information content (AvgIpc) is 2.79. The smallest absolute Gasteiger partial charge is 0.128 e. The number of hydrogen-bond acceptors (Lipinski definition) is 2. The van der Waals surface area contributed by atoms with Crippen molar-refractivity contribution >= 4 is 0 Å². The molecule has 1 aromatic rings. The van der Waals surface area contributed by atoms with E-state index in [-0.39, 0.29) is 22.2 Å². The standard InChI is InChI=1S/C20H28O2/c1-17(2)14-16-18(3,4)22-20(17,15-10-6-5-7-11-15)19(16)12-8-9-13-21-19/h5-7,10-11,16H,8-9,12-14H2,1-4H3/t16-,19-,20-/m1/s1. The Hall–Kier alpha value is -0.860. The molecule has 120 valence electrons. The first kappa shape index (κ1) is 14.7. The van der Waals surface area contributed by atoms with Crippen LogP contribution in [0.4, 0.5) is 0 Å². The van der Waals surface area contributed by atoms with Crippen molar-refractivity contribution in [1.29, 1.82) is 0 Å². The molecule has 3 atom stereocenters. The van der Waals surface area contributed by atoms with E-state index in [1.165, 1.54) is 24.8 Å². The molecule has 4 rings (SSSR count). The lowest BCUT2D eigenvalue weighted by Gasteiger charge is -2.51. The van der Waals surface area contributed by atoms with Gasteiger partial charge in [0.25, 0.3) is 0 Å². The molecule has 2 bridgehead atoms. The summed E-state index contributed by atoms with van der Waals surface area (Å²) >= 11 is 0. The summed E-state index contributed by atoms with van der Waals surface area (Å²) in [7, 11) is 0. The van der Waals surface area contributed by atoms with Crippen molar-refractivity contribution in [3.63, 3.8) is 0 Å². The molecule has 0 N–H and O–H groups in total. The molecular formula is C20H28O2. The van der Waals surface area contributed by atoms with E-state index in [9.17, 15) is 0 Å². The van der Waals surface area contributed by atoms with Crippen LogP contribution >= 0.6 is 0 Å². The predicted octanol–water partition coefficient (Wildman–Crippen LogP) is 4.68. The highest BCUT2D eigenvalue weighted by molar-refractivity contribution is 5.38. The minimum absolute atomic E-state index is 0.0892. The van der Waals surface area contributed by atoms with Crippen LogP contribution in [-0.4, -0.2) is 17.8 Å². The Balaban J connectivity index is 1.97. The first-order valence-corrected chi connectivity index (χ1v) is 8.75. The largest absolute Gasteiger partial charge is 0.371 e. The van der Waals surface area contributed by atoms with Crippen molar-refractivity contribution in [3.8, 4) is 0 Å². The van der Waals surface area contributed by atoms with Gasteiger partial charge in [-0.3, -0.25) is 0 Å². The molecule has 2 heterocycles. The minimum Gasteiger partial charge on any atom is -0.371 e. The maximum atomic E-state index is 6.90. The molecule has 2 nitrogen and oxygen atoms in total. The van der Waals surface area contributed by atoms with Gasteiger partial charge in [0.1, 0.15) is 11.2 Å². The molecule has 1 aromatic carbocycles. The van der Waals surface area contributed by atoms with Crippen molar-refractivity contribution in [2.24, 2.45) is 11.3 Å². The van der Waals surface area contributed by atoms with E-state index in [0.717, 1.165) is 13.0 Å². The van der Waals surface area contributed by atoms with Crippen molar-refractivity contribution in [2.45, 2.75) is 70.2 Å². The van der Waals surface area contributed by atoms with Crippen molar-refractivity contribution in [1.82, 2.24) is 0 Å². The molecule has 2 aliphatic heterocycles. The summed E-state index contributed by atoms with van der Waals surface area (Å²) in [5.74, 6) is 0.468. The molecule has 1 spiro atoms. The maximum absolute atomic E-state index is 6.90. The summed E-state index contributed by atoms with van der Waals surface area (Å²) in [6, 6.07) is 10.8. The summed E-state index contributed by atoms with van der Waals surface area (Å²) in [4.78, 5) is 0. The van der Waals surface area contributed by atoms with Crippen LogP contribution < -0.4 is 0 Å². The molecule has 3 fully saturated rings.